The number of carbonyl (C=O) groups excluding carboxylic acids is 3. The summed E-state index contributed by atoms with van der Waals surface area (Å²) in [6.07, 6.45) is 1.38. The van der Waals surface area contributed by atoms with Gasteiger partial charge in [0.05, 0.1) is 11.8 Å². The molecular formula is C17H19N3O5. The van der Waals surface area contributed by atoms with Gasteiger partial charge in [-0.3, -0.25) is 14.4 Å². The number of ether oxygens (including phenoxy) is 2. The van der Waals surface area contributed by atoms with Crippen LogP contribution in [0.5, 0.6) is 11.5 Å². The minimum atomic E-state index is -0.290. The fourth-order valence-corrected chi connectivity index (χ4v) is 3.25. The van der Waals surface area contributed by atoms with Crippen molar-refractivity contribution in [3.8, 4) is 11.5 Å². The fraction of sp³-hybridized carbons (Fsp3) is 0.471. The van der Waals surface area contributed by atoms with Crippen molar-refractivity contribution in [1.82, 2.24) is 9.80 Å². The molecule has 3 aliphatic rings. The van der Waals surface area contributed by atoms with Gasteiger partial charge in [0, 0.05) is 37.9 Å². The second-order valence-electron chi connectivity index (χ2n) is 6.47. The number of hydrogen-bond acceptors (Lipinski definition) is 5. The summed E-state index contributed by atoms with van der Waals surface area (Å²) in [5, 5.41) is 2.84. The molecule has 2 unspecified atom stereocenters. The summed E-state index contributed by atoms with van der Waals surface area (Å²) in [7, 11) is 0. The number of nitrogens with one attached hydrogen (secondary N) is 1. The lowest BCUT2D eigenvalue weighted by atomic mass is 10.2. The summed E-state index contributed by atoms with van der Waals surface area (Å²) in [5.74, 6) is 0.583. The van der Waals surface area contributed by atoms with E-state index < -0.39 is 0 Å². The molecule has 132 valence electrons. The van der Waals surface area contributed by atoms with E-state index in [1.165, 1.54) is 0 Å². The van der Waals surface area contributed by atoms with Gasteiger partial charge in [-0.1, -0.05) is 0 Å². The molecule has 0 spiro atoms. The first-order valence-electron chi connectivity index (χ1n) is 8.34. The van der Waals surface area contributed by atoms with Gasteiger partial charge in [-0.25, -0.2) is 0 Å². The quantitative estimate of drug-likeness (QED) is 0.793. The Morgan fingerprint density at radius 1 is 1.08 bits per heavy atom. The molecule has 25 heavy (non-hydrogen) atoms. The summed E-state index contributed by atoms with van der Waals surface area (Å²) >= 11 is 0. The molecule has 2 aliphatic heterocycles. The SMILES string of the molecule is O=CN1CCN(C(=O)C2CC2C(=O)Nc2ccc3c(c2)OCO3)CC1. The van der Waals surface area contributed by atoms with Crippen molar-refractivity contribution in [2.45, 2.75) is 6.42 Å². The zero-order valence-corrected chi connectivity index (χ0v) is 13.6. The lowest BCUT2D eigenvalue weighted by Crippen LogP contribution is -2.48. The third-order valence-electron chi connectivity index (χ3n) is 4.86. The Morgan fingerprint density at radius 3 is 2.60 bits per heavy atom. The second-order valence-corrected chi connectivity index (χ2v) is 6.47. The van der Waals surface area contributed by atoms with Gasteiger partial charge >= 0.3 is 0 Å². The molecule has 0 bridgehead atoms. The second kappa shape index (κ2) is 6.27. The van der Waals surface area contributed by atoms with Crippen molar-refractivity contribution in [1.29, 1.82) is 0 Å². The van der Waals surface area contributed by atoms with Crippen LogP contribution >= 0.6 is 0 Å². The van der Waals surface area contributed by atoms with E-state index in [1.807, 2.05) is 0 Å². The molecule has 2 fully saturated rings. The predicted octanol–water partition coefficient (Wildman–Crippen LogP) is 0.290. The maximum absolute atomic E-state index is 12.5. The normalized spacial score (nSPS) is 24.0. The highest BCUT2D eigenvalue weighted by Gasteiger charge is 2.49. The van der Waals surface area contributed by atoms with E-state index in [1.54, 1.807) is 28.0 Å². The van der Waals surface area contributed by atoms with Crippen LogP contribution in [0.2, 0.25) is 0 Å². The first-order valence-corrected chi connectivity index (χ1v) is 8.34. The van der Waals surface area contributed by atoms with Crippen molar-refractivity contribution < 1.29 is 23.9 Å². The van der Waals surface area contributed by atoms with Gasteiger partial charge in [-0.2, -0.15) is 0 Å². The molecule has 1 aromatic rings. The van der Waals surface area contributed by atoms with Crippen LogP contribution in [0.4, 0.5) is 5.69 Å². The van der Waals surface area contributed by atoms with Crippen LogP contribution in [0, 0.1) is 11.8 Å². The molecule has 1 aliphatic carbocycles. The molecular weight excluding hydrogens is 326 g/mol. The number of piperazine rings is 1. The molecule has 1 saturated heterocycles. The predicted molar refractivity (Wildman–Crippen MR) is 87.0 cm³/mol. The average Bonchev–Trinajstić information content (AvgIpc) is 3.31. The van der Waals surface area contributed by atoms with Gasteiger partial charge in [0.25, 0.3) is 0 Å². The zero-order valence-electron chi connectivity index (χ0n) is 13.6. The van der Waals surface area contributed by atoms with Crippen LogP contribution in [0.25, 0.3) is 0 Å². The maximum Gasteiger partial charge on any atom is 0.231 e. The highest BCUT2D eigenvalue weighted by atomic mass is 16.7. The third-order valence-corrected chi connectivity index (χ3v) is 4.86. The molecule has 0 aromatic heterocycles. The molecule has 8 nitrogen and oxygen atoms in total. The Kier molecular flexibility index (Phi) is 3.95. The summed E-state index contributed by atoms with van der Waals surface area (Å²) in [4.78, 5) is 39.0. The van der Waals surface area contributed by atoms with Gasteiger partial charge < -0.3 is 24.6 Å². The fourth-order valence-electron chi connectivity index (χ4n) is 3.25. The van der Waals surface area contributed by atoms with E-state index in [4.69, 9.17) is 9.47 Å². The minimum Gasteiger partial charge on any atom is -0.454 e. The Balaban J connectivity index is 1.31. The molecule has 0 radical (unpaired) electrons. The number of benzene rings is 1. The van der Waals surface area contributed by atoms with Gasteiger partial charge in [0.2, 0.25) is 25.0 Å². The number of nitrogens with zero attached hydrogens (tertiary/aromatic N) is 2. The minimum absolute atomic E-state index is 0.0105. The molecule has 2 heterocycles. The van der Waals surface area contributed by atoms with Crippen molar-refractivity contribution in [3.63, 3.8) is 0 Å². The van der Waals surface area contributed by atoms with Crippen LogP contribution in [0.1, 0.15) is 6.42 Å². The van der Waals surface area contributed by atoms with Crippen molar-refractivity contribution in [2.75, 3.05) is 38.3 Å². The standard InChI is InChI=1S/C17H19N3O5/c21-9-19-3-5-20(6-4-19)17(23)13-8-12(13)16(22)18-11-1-2-14-15(7-11)25-10-24-14/h1-2,7,9,12-13H,3-6,8,10H2,(H,18,22). The molecule has 1 N–H and O–H groups in total. The highest BCUT2D eigenvalue weighted by molar-refractivity contribution is 5.99. The van der Waals surface area contributed by atoms with E-state index in [2.05, 4.69) is 5.32 Å². The summed E-state index contributed by atoms with van der Waals surface area (Å²) < 4.78 is 10.5. The molecule has 2 atom stereocenters. The Hall–Kier alpha value is -2.77. The average molecular weight is 345 g/mol. The third kappa shape index (κ3) is 3.11. The lowest BCUT2D eigenvalue weighted by molar-refractivity contribution is -0.137. The van der Waals surface area contributed by atoms with E-state index >= 15 is 0 Å². The number of amides is 3. The monoisotopic (exact) mass is 345 g/mol. The Bertz CT molecular complexity index is 714. The largest absolute Gasteiger partial charge is 0.454 e. The highest BCUT2D eigenvalue weighted by Crippen LogP contribution is 2.41. The van der Waals surface area contributed by atoms with Crippen molar-refractivity contribution in [3.05, 3.63) is 18.2 Å². The molecule has 1 saturated carbocycles. The smallest absolute Gasteiger partial charge is 0.231 e. The molecule has 4 rings (SSSR count). The van der Waals surface area contributed by atoms with Gasteiger partial charge in [-0.05, 0) is 18.6 Å². The first-order chi connectivity index (χ1) is 12.2. The Morgan fingerprint density at radius 2 is 1.84 bits per heavy atom. The maximum atomic E-state index is 12.5. The van der Waals surface area contributed by atoms with Crippen LogP contribution < -0.4 is 14.8 Å². The van der Waals surface area contributed by atoms with E-state index in [0.717, 1.165) is 6.41 Å². The lowest BCUT2D eigenvalue weighted by Gasteiger charge is -2.32. The number of carbonyl (C=O) groups is 3. The molecule has 8 heteroatoms. The summed E-state index contributed by atoms with van der Waals surface area (Å²) in [6, 6.07) is 5.22. The van der Waals surface area contributed by atoms with Crippen LogP contribution in [-0.2, 0) is 14.4 Å². The molecule has 1 aromatic carbocycles. The number of anilines is 1. The van der Waals surface area contributed by atoms with Crippen LogP contribution in [-0.4, -0.2) is 61.0 Å². The number of rotatable bonds is 4. The first kappa shape index (κ1) is 15.7. The van der Waals surface area contributed by atoms with Crippen LogP contribution in [0.3, 0.4) is 0 Å². The van der Waals surface area contributed by atoms with Crippen LogP contribution in [0.15, 0.2) is 18.2 Å². The van der Waals surface area contributed by atoms with E-state index in [9.17, 15) is 14.4 Å². The van der Waals surface area contributed by atoms with Crippen molar-refractivity contribution in [2.24, 2.45) is 11.8 Å². The van der Waals surface area contributed by atoms with Gasteiger partial charge in [0.1, 0.15) is 0 Å². The summed E-state index contributed by atoms with van der Waals surface area (Å²) in [5.41, 5.74) is 0.631. The number of hydrogen-bond donors (Lipinski definition) is 1. The topological polar surface area (TPSA) is 88.2 Å². The van der Waals surface area contributed by atoms with Crippen molar-refractivity contribution >= 4 is 23.9 Å². The zero-order chi connectivity index (χ0) is 17.4. The number of fused-ring (bicyclic) bond motifs is 1. The summed E-state index contributed by atoms with van der Waals surface area (Å²) in [6.45, 7) is 2.35. The van der Waals surface area contributed by atoms with E-state index in [-0.39, 0.29) is 30.4 Å². The molecule has 3 amide bonds. The van der Waals surface area contributed by atoms with E-state index in [0.29, 0.717) is 49.8 Å². The van der Waals surface area contributed by atoms with Gasteiger partial charge in [0.15, 0.2) is 11.5 Å². The van der Waals surface area contributed by atoms with Gasteiger partial charge in [-0.15, -0.1) is 0 Å². The Labute approximate surface area is 144 Å².